The van der Waals surface area contributed by atoms with Crippen LogP contribution in [0.4, 0.5) is 5.82 Å². The molecule has 0 atom stereocenters. The molecule has 1 saturated heterocycles. The minimum Gasteiger partial charge on any atom is -0.393 e. The summed E-state index contributed by atoms with van der Waals surface area (Å²) < 4.78 is 26.1. The molecule has 100 valence electrons. The van der Waals surface area contributed by atoms with Gasteiger partial charge in [-0.05, 0) is 18.9 Å². The third kappa shape index (κ3) is 2.63. The zero-order valence-electron chi connectivity index (χ0n) is 10.2. The highest BCUT2D eigenvalue weighted by Crippen LogP contribution is 2.21. The Balaban J connectivity index is 2.24. The number of piperidine rings is 1. The number of sulfonamides is 1. The third-order valence-electron chi connectivity index (χ3n) is 3.05. The Morgan fingerprint density at radius 1 is 1.44 bits per heavy atom. The van der Waals surface area contributed by atoms with Crippen LogP contribution in [0, 0.1) is 0 Å². The molecule has 0 bridgehead atoms. The number of hydrogen-bond acceptors (Lipinski definition) is 5. The smallest absolute Gasteiger partial charge is 0.243 e. The topological polar surface area (TPSA) is 82.5 Å². The average molecular weight is 271 g/mol. The van der Waals surface area contributed by atoms with E-state index >= 15 is 0 Å². The monoisotopic (exact) mass is 271 g/mol. The fourth-order valence-corrected chi connectivity index (χ4v) is 3.42. The van der Waals surface area contributed by atoms with Gasteiger partial charge in [0.1, 0.15) is 5.82 Å². The first-order valence-corrected chi connectivity index (χ1v) is 7.30. The van der Waals surface area contributed by atoms with Gasteiger partial charge in [0, 0.05) is 32.4 Å². The molecule has 1 aliphatic rings. The molecule has 2 rings (SSSR count). The Kier molecular flexibility index (Phi) is 3.84. The molecule has 1 fully saturated rings. The van der Waals surface area contributed by atoms with Crippen LogP contribution in [0.2, 0.25) is 0 Å². The molecule has 1 aromatic rings. The average Bonchev–Trinajstić information content (AvgIpc) is 2.39. The van der Waals surface area contributed by atoms with Gasteiger partial charge in [0.25, 0.3) is 0 Å². The maximum atomic E-state index is 12.4. The van der Waals surface area contributed by atoms with E-state index in [0.29, 0.717) is 31.7 Å². The van der Waals surface area contributed by atoms with Crippen LogP contribution < -0.4 is 5.32 Å². The summed E-state index contributed by atoms with van der Waals surface area (Å²) in [4.78, 5) is 4.23. The Hall–Kier alpha value is -1.18. The maximum absolute atomic E-state index is 12.4. The molecule has 0 saturated carbocycles. The molecule has 0 unspecified atom stereocenters. The number of nitrogens with one attached hydrogen (secondary N) is 1. The minimum absolute atomic E-state index is 0.234. The summed E-state index contributed by atoms with van der Waals surface area (Å²) in [7, 11) is -1.79. The molecule has 0 amide bonds. The SMILES string of the molecule is CNc1cc(S(=O)(=O)N2CCC(O)CC2)ccn1. The molecular formula is C11H17N3O3S. The van der Waals surface area contributed by atoms with Gasteiger partial charge in [-0.25, -0.2) is 13.4 Å². The van der Waals surface area contributed by atoms with Crippen LogP contribution in [-0.2, 0) is 10.0 Å². The predicted octanol–water partition coefficient (Wildman–Crippen LogP) is 0.269. The molecule has 0 spiro atoms. The predicted molar refractivity (Wildman–Crippen MR) is 67.8 cm³/mol. The van der Waals surface area contributed by atoms with Crippen LogP contribution in [0.3, 0.4) is 0 Å². The van der Waals surface area contributed by atoms with Gasteiger partial charge in [-0.1, -0.05) is 0 Å². The quantitative estimate of drug-likeness (QED) is 0.824. The Labute approximate surface area is 107 Å². The van der Waals surface area contributed by atoms with E-state index in [0.717, 1.165) is 0 Å². The van der Waals surface area contributed by atoms with Crippen molar-refractivity contribution in [3.05, 3.63) is 18.3 Å². The lowest BCUT2D eigenvalue weighted by Crippen LogP contribution is -2.40. The second kappa shape index (κ2) is 5.21. The Morgan fingerprint density at radius 2 is 2.11 bits per heavy atom. The van der Waals surface area contributed by atoms with Crippen molar-refractivity contribution in [2.75, 3.05) is 25.5 Å². The fraction of sp³-hybridized carbons (Fsp3) is 0.545. The van der Waals surface area contributed by atoms with Crippen molar-refractivity contribution < 1.29 is 13.5 Å². The zero-order chi connectivity index (χ0) is 13.2. The van der Waals surface area contributed by atoms with E-state index in [9.17, 15) is 13.5 Å². The Morgan fingerprint density at radius 3 is 2.72 bits per heavy atom. The van der Waals surface area contributed by atoms with Crippen molar-refractivity contribution >= 4 is 15.8 Å². The van der Waals surface area contributed by atoms with Gasteiger partial charge >= 0.3 is 0 Å². The largest absolute Gasteiger partial charge is 0.393 e. The molecule has 18 heavy (non-hydrogen) atoms. The van der Waals surface area contributed by atoms with Crippen LogP contribution in [0.15, 0.2) is 23.2 Å². The standard InChI is InChI=1S/C11H17N3O3S/c1-12-11-8-10(2-5-13-11)18(16,17)14-6-3-9(15)4-7-14/h2,5,8-9,15H,3-4,6-7H2,1H3,(H,12,13). The molecular weight excluding hydrogens is 254 g/mol. The highest BCUT2D eigenvalue weighted by atomic mass is 32.2. The van der Waals surface area contributed by atoms with Crippen LogP contribution >= 0.6 is 0 Å². The lowest BCUT2D eigenvalue weighted by Gasteiger charge is -2.28. The highest BCUT2D eigenvalue weighted by Gasteiger charge is 2.28. The number of rotatable bonds is 3. The number of aliphatic hydroxyl groups excluding tert-OH is 1. The summed E-state index contributed by atoms with van der Waals surface area (Å²) in [6.07, 6.45) is 2.06. The van der Waals surface area contributed by atoms with Gasteiger partial charge in [0.05, 0.1) is 11.0 Å². The first kappa shape index (κ1) is 13.3. The van der Waals surface area contributed by atoms with E-state index < -0.39 is 10.0 Å². The lowest BCUT2D eigenvalue weighted by atomic mass is 10.1. The number of aliphatic hydroxyl groups is 1. The number of aromatic nitrogens is 1. The fourth-order valence-electron chi connectivity index (χ4n) is 1.94. The summed E-state index contributed by atoms with van der Waals surface area (Å²) >= 11 is 0. The summed E-state index contributed by atoms with van der Waals surface area (Å²) in [6.45, 7) is 0.724. The number of anilines is 1. The van der Waals surface area contributed by atoms with E-state index in [2.05, 4.69) is 10.3 Å². The van der Waals surface area contributed by atoms with Crippen molar-refractivity contribution in [2.24, 2.45) is 0 Å². The molecule has 0 aliphatic carbocycles. The van der Waals surface area contributed by atoms with Crippen LogP contribution in [0.25, 0.3) is 0 Å². The minimum atomic E-state index is -3.48. The normalized spacial score (nSPS) is 18.8. The molecule has 0 radical (unpaired) electrons. The molecule has 7 heteroatoms. The van der Waals surface area contributed by atoms with Crippen LogP contribution in [0.5, 0.6) is 0 Å². The van der Waals surface area contributed by atoms with Crippen molar-refractivity contribution in [2.45, 2.75) is 23.8 Å². The summed E-state index contributed by atoms with van der Waals surface area (Å²) in [5.74, 6) is 0.521. The van der Waals surface area contributed by atoms with Crippen molar-refractivity contribution in [1.29, 1.82) is 0 Å². The third-order valence-corrected chi connectivity index (χ3v) is 4.94. The van der Waals surface area contributed by atoms with E-state index in [1.54, 1.807) is 7.05 Å². The van der Waals surface area contributed by atoms with Gasteiger partial charge in [-0.2, -0.15) is 4.31 Å². The lowest BCUT2D eigenvalue weighted by molar-refractivity contribution is 0.113. The number of nitrogens with zero attached hydrogens (tertiary/aromatic N) is 2. The van der Waals surface area contributed by atoms with Crippen LogP contribution in [0.1, 0.15) is 12.8 Å². The highest BCUT2D eigenvalue weighted by molar-refractivity contribution is 7.89. The van der Waals surface area contributed by atoms with Crippen molar-refractivity contribution in [3.8, 4) is 0 Å². The molecule has 2 heterocycles. The van der Waals surface area contributed by atoms with Gasteiger partial charge in [-0.15, -0.1) is 0 Å². The van der Waals surface area contributed by atoms with Gasteiger partial charge in [0.15, 0.2) is 0 Å². The van der Waals surface area contributed by atoms with E-state index in [1.165, 1.54) is 22.6 Å². The first-order valence-electron chi connectivity index (χ1n) is 5.86. The summed E-state index contributed by atoms with van der Waals surface area (Å²) in [5.41, 5.74) is 0. The number of pyridine rings is 1. The van der Waals surface area contributed by atoms with Crippen molar-refractivity contribution in [1.82, 2.24) is 9.29 Å². The van der Waals surface area contributed by atoms with Gasteiger partial charge < -0.3 is 10.4 Å². The van der Waals surface area contributed by atoms with Crippen molar-refractivity contribution in [3.63, 3.8) is 0 Å². The second-order valence-electron chi connectivity index (χ2n) is 4.26. The van der Waals surface area contributed by atoms with Gasteiger partial charge in [-0.3, -0.25) is 0 Å². The van der Waals surface area contributed by atoms with E-state index in [4.69, 9.17) is 0 Å². The molecule has 1 aromatic heterocycles. The molecule has 2 N–H and O–H groups in total. The summed E-state index contributed by atoms with van der Waals surface area (Å²) in [5, 5.41) is 12.2. The van der Waals surface area contributed by atoms with E-state index in [1.807, 2.05) is 0 Å². The van der Waals surface area contributed by atoms with Crippen LogP contribution in [-0.4, -0.2) is 49.1 Å². The van der Waals surface area contributed by atoms with Gasteiger partial charge in [0.2, 0.25) is 10.0 Å². The molecule has 1 aliphatic heterocycles. The Bertz CT molecular complexity index is 510. The molecule has 0 aromatic carbocycles. The number of hydrogen-bond donors (Lipinski definition) is 2. The zero-order valence-corrected chi connectivity index (χ0v) is 11.0. The summed E-state index contributed by atoms with van der Waals surface area (Å²) in [6, 6.07) is 3.00. The molecule has 6 nitrogen and oxygen atoms in total. The maximum Gasteiger partial charge on any atom is 0.243 e. The van der Waals surface area contributed by atoms with E-state index in [-0.39, 0.29) is 11.0 Å². The first-order chi connectivity index (χ1) is 8.54. The second-order valence-corrected chi connectivity index (χ2v) is 6.20.